The molecule has 1 atom stereocenters. The Kier molecular flexibility index (Phi) is 5.73. The Morgan fingerprint density at radius 3 is 2.75 bits per heavy atom. The molecule has 1 unspecified atom stereocenters. The number of carbonyl (C=O) groups excluding carboxylic acids is 1. The van der Waals surface area contributed by atoms with Crippen LogP contribution >= 0.6 is 0 Å². The number of hydrogen-bond donors (Lipinski definition) is 2. The Labute approximate surface area is 97.3 Å². The van der Waals surface area contributed by atoms with Crippen molar-refractivity contribution in [2.75, 3.05) is 26.8 Å². The lowest BCUT2D eigenvalue weighted by molar-refractivity contribution is -0.122. The lowest BCUT2D eigenvalue weighted by Gasteiger charge is -2.30. The molecular weight excluding hydrogens is 206 g/mol. The highest BCUT2D eigenvalue weighted by Gasteiger charge is 2.19. The van der Waals surface area contributed by atoms with Crippen molar-refractivity contribution < 1.29 is 9.53 Å². The first-order chi connectivity index (χ1) is 7.63. The van der Waals surface area contributed by atoms with Crippen molar-refractivity contribution >= 4 is 5.91 Å². The van der Waals surface area contributed by atoms with Crippen molar-refractivity contribution in [1.29, 1.82) is 0 Å². The van der Waals surface area contributed by atoms with Crippen LogP contribution in [0.2, 0.25) is 0 Å². The molecule has 0 spiro atoms. The van der Waals surface area contributed by atoms with Gasteiger partial charge in [-0.25, -0.2) is 5.84 Å². The fourth-order valence-electron chi connectivity index (χ4n) is 2.00. The predicted octanol–water partition coefficient (Wildman–Crippen LogP) is 0.113. The molecule has 5 heteroatoms. The highest BCUT2D eigenvalue weighted by molar-refractivity contribution is 5.75. The number of nitrogens with one attached hydrogen (secondary N) is 1. The van der Waals surface area contributed by atoms with Crippen molar-refractivity contribution in [1.82, 2.24) is 10.3 Å². The van der Waals surface area contributed by atoms with Gasteiger partial charge in [-0.2, -0.15) is 0 Å². The van der Waals surface area contributed by atoms with Crippen LogP contribution < -0.4 is 11.3 Å². The maximum atomic E-state index is 11.1. The quantitative estimate of drug-likeness (QED) is 0.399. The highest BCUT2D eigenvalue weighted by atomic mass is 16.5. The van der Waals surface area contributed by atoms with Gasteiger partial charge in [0.15, 0.2) is 0 Å². The zero-order chi connectivity index (χ0) is 12.0. The Balaban J connectivity index is 2.26. The third kappa shape index (κ3) is 4.47. The molecule has 1 saturated heterocycles. The van der Waals surface area contributed by atoms with Gasteiger partial charge in [0.25, 0.3) is 0 Å². The van der Waals surface area contributed by atoms with E-state index in [1.165, 1.54) is 0 Å². The molecule has 0 radical (unpaired) electrons. The lowest BCUT2D eigenvalue weighted by Crippen LogP contribution is -2.40. The van der Waals surface area contributed by atoms with Crippen molar-refractivity contribution in [3.63, 3.8) is 0 Å². The predicted molar refractivity (Wildman–Crippen MR) is 62.6 cm³/mol. The van der Waals surface area contributed by atoms with E-state index in [1.807, 2.05) is 0 Å². The average Bonchev–Trinajstić information content (AvgIpc) is 2.30. The van der Waals surface area contributed by atoms with E-state index in [0.29, 0.717) is 12.3 Å². The Hall–Kier alpha value is -0.650. The minimum atomic E-state index is -0.105. The molecule has 1 aliphatic heterocycles. The van der Waals surface area contributed by atoms with Crippen molar-refractivity contribution in [3.8, 4) is 0 Å². The van der Waals surface area contributed by atoms with Crippen molar-refractivity contribution in [3.05, 3.63) is 0 Å². The summed E-state index contributed by atoms with van der Waals surface area (Å²) in [6, 6.07) is 0.228. The summed E-state index contributed by atoms with van der Waals surface area (Å²) in [5, 5.41) is 0. The first kappa shape index (κ1) is 13.4. The number of carbonyl (C=O) groups is 1. The number of ether oxygens (including phenoxy) is 1. The molecule has 1 aliphatic rings. The van der Waals surface area contributed by atoms with Crippen LogP contribution in [0.15, 0.2) is 0 Å². The van der Waals surface area contributed by atoms with Gasteiger partial charge in [-0.05, 0) is 32.7 Å². The first-order valence-corrected chi connectivity index (χ1v) is 5.91. The monoisotopic (exact) mass is 229 g/mol. The van der Waals surface area contributed by atoms with E-state index in [1.54, 1.807) is 0 Å². The topological polar surface area (TPSA) is 67.6 Å². The van der Waals surface area contributed by atoms with E-state index in [4.69, 9.17) is 10.6 Å². The van der Waals surface area contributed by atoms with Gasteiger partial charge in [0.1, 0.15) is 0 Å². The molecule has 0 aliphatic carbocycles. The summed E-state index contributed by atoms with van der Waals surface area (Å²) in [6.45, 7) is 4.82. The maximum Gasteiger partial charge on any atom is 0.235 e. The lowest BCUT2D eigenvalue weighted by atomic mass is 9.99. The molecule has 16 heavy (non-hydrogen) atoms. The summed E-state index contributed by atoms with van der Waals surface area (Å²) in [5.74, 6) is 5.66. The maximum absolute atomic E-state index is 11.1. The average molecular weight is 229 g/mol. The Morgan fingerprint density at radius 1 is 1.56 bits per heavy atom. The summed E-state index contributed by atoms with van der Waals surface area (Å²) >= 11 is 0. The number of amides is 1. The molecule has 3 N–H and O–H groups in total. The summed E-state index contributed by atoms with van der Waals surface area (Å²) in [6.07, 6.45) is 2.70. The van der Waals surface area contributed by atoms with Gasteiger partial charge in [-0.15, -0.1) is 0 Å². The Morgan fingerprint density at radius 2 is 2.19 bits per heavy atom. The molecule has 1 rings (SSSR count). The van der Waals surface area contributed by atoms with Gasteiger partial charge < -0.3 is 9.64 Å². The van der Waals surface area contributed by atoms with Crippen LogP contribution in [0.5, 0.6) is 0 Å². The van der Waals surface area contributed by atoms with Crippen LogP contribution in [0.3, 0.4) is 0 Å². The van der Waals surface area contributed by atoms with Gasteiger partial charge in [0.05, 0.1) is 0 Å². The van der Waals surface area contributed by atoms with Crippen LogP contribution in [0.25, 0.3) is 0 Å². The minimum absolute atomic E-state index is 0.105. The zero-order valence-corrected chi connectivity index (χ0v) is 10.2. The molecule has 5 nitrogen and oxygen atoms in total. The molecule has 1 amide bonds. The second-order valence-corrected chi connectivity index (χ2v) is 4.62. The van der Waals surface area contributed by atoms with Crippen LogP contribution in [0, 0.1) is 5.92 Å². The van der Waals surface area contributed by atoms with Gasteiger partial charge in [0, 0.05) is 32.2 Å². The molecule has 0 aromatic rings. The molecule has 0 bridgehead atoms. The third-order valence-electron chi connectivity index (χ3n) is 3.28. The standard InChI is InChI=1S/C11H23N3O2/c1-9(7-11(15)13-12)14(2)8-10-3-5-16-6-4-10/h9-10H,3-8,12H2,1-2H3,(H,13,15). The summed E-state index contributed by atoms with van der Waals surface area (Å²) < 4.78 is 5.32. The molecule has 1 fully saturated rings. The number of nitrogens with zero attached hydrogens (tertiary/aromatic N) is 1. The second-order valence-electron chi connectivity index (χ2n) is 4.62. The summed E-state index contributed by atoms with van der Waals surface area (Å²) in [7, 11) is 2.06. The number of hydrazine groups is 1. The zero-order valence-electron chi connectivity index (χ0n) is 10.2. The number of rotatable bonds is 5. The highest BCUT2D eigenvalue weighted by Crippen LogP contribution is 2.17. The van der Waals surface area contributed by atoms with Crippen LogP contribution in [0.1, 0.15) is 26.2 Å². The largest absolute Gasteiger partial charge is 0.381 e. The van der Waals surface area contributed by atoms with Crippen LogP contribution in [-0.4, -0.2) is 43.7 Å². The van der Waals surface area contributed by atoms with E-state index < -0.39 is 0 Å². The fourth-order valence-corrected chi connectivity index (χ4v) is 2.00. The van der Waals surface area contributed by atoms with Crippen LogP contribution in [-0.2, 0) is 9.53 Å². The second kappa shape index (κ2) is 6.83. The smallest absolute Gasteiger partial charge is 0.235 e. The van der Waals surface area contributed by atoms with Crippen molar-refractivity contribution in [2.45, 2.75) is 32.2 Å². The minimum Gasteiger partial charge on any atom is -0.381 e. The molecular formula is C11H23N3O2. The van der Waals surface area contributed by atoms with E-state index in [9.17, 15) is 4.79 Å². The van der Waals surface area contributed by atoms with Gasteiger partial charge in [0.2, 0.25) is 5.91 Å². The van der Waals surface area contributed by atoms with Gasteiger partial charge >= 0.3 is 0 Å². The fraction of sp³-hybridized carbons (Fsp3) is 0.909. The van der Waals surface area contributed by atoms with E-state index in [0.717, 1.165) is 32.6 Å². The van der Waals surface area contributed by atoms with Crippen molar-refractivity contribution in [2.24, 2.45) is 11.8 Å². The SMILES string of the molecule is CC(CC(=O)NN)N(C)CC1CCOCC1. The van der Waals surface area contributed by atoms with E-state index >= 15 is 0 Å². The third-order valence-corrected chi connectivity index (χ3v) is 3.28. The molecule has 1 heterocycles. The number of nitrogens with two attached hydrogens (primary N) is 1. The summed E-state index contributed by atoms with van der Waals surface area (Å²) in [4.78, 5) is 13.4. The summed E-state index contributed by atoms with van der Waals surface area (Å²) in [5.41, 5.74) is 2.17. The number of hydrogen-bond acceptors (Lipinski definition) is 4. The Bertz CT molecular complexity index is 217. The molecule has 94 valence electrons. The molecule has 0 saturated carbocycles. The van der Waals surface area contributed by atoms with Gasteiger partial charge in [-0.1, -0.05) is 0 Å². The van der Waals surface area contributed by atoms with Crippen LogP contribution in [0.4, 0.5) is 0 Å². The normalized spacial score (nSPS) is 19.8. The van der Waals surface area contributed by atoms with E-state index in [-0.39, 0.29) is 11.9 Å². The first-order valence-electron chi connectivity index (χ1n) is 5.91. The van der Waals surface area contributed by atoms with E-state index in [2.05, 4.69) is 24.3 Å². The molecule has 0 aromatic carbocycles. The molecule has 0 aromatic heterocycles. The van der Waals surface area contributed by atoms with Gasteiger partial charge in [-0.3, -0.25) is 10.2 Å².